The predicted molar refractivity (Wildman–Crippen MR) is 65.3 cm³/mol. The third kappa shape index (κ3) is 1.98. The third-order valence-corrected chi connectivity index (χ3v) is 2.72. The highest BCUT2D eigenvalue weighted by Crippen LogP contribution is 2.26. The molecule has 0 saturated heterocycles. The van der Waals surface area contributed by atoms with Crippen LogP contribution in [-0.4, -0.2) is 35.7 Å². The van der Waals surface area contributed by atoms with Gasteiger partial charge in [-0.15, -0.1) is 10.2 Å². The van der Waals surface area contributed by atoms with E-state index in [1.807, 2.05) is 13.8 Å². The van der Waals surface area contributed by atoms with Crippen molar-refractivity contribution in [2.24, 2.45) is 0 Å². The van der Waals surface area contributed by atoms with Crippen molar-refractivity contribution in [1.29, 1.82) is 0 Å². The maximum atomic E-state index is 5.15. The van der Waals surface area contributed by atoms with Crippen LogP contribution in [0.3, 0.4) is 0 Å². The van der Waals surface area contributed by atoms with Crippen molar-refractivity contribution in [2.75, 3.05) is 5.32 Å². The summed E-state index contributed by atoms with van der Waals surface area (Å²) in [5, 5.41) is 21.7. The van der Waals surface area contributed by atoms with E-state index >= 15 is 0 Å². The molecule has 0 unspecified atom stereocenters. The Kier molecular flexibility index (Phi) is 2.58. The molecule has 0 aliphatic carbocycles. The van der Waals surface area contributed by atoms with E-state index < -0.39 is 0 Å². The molecular weight excluding hydrogens is 248 g/mol. The summed E-state index contributed by atoms with van der Waals surface area (Å²) < 4.78 is 5.15. The summed E-state index contributed by atoms with van der Waals surface area (Å²) >= 11 is 0. The molecule has 0 aliphatic rings. The smallest absolute Gasteiger partial charge is 0.263 e. The molecule has 3 aromatic rings. The lowest BCUT2D eigenvalue weighted by Gasteiger charge is -2.11. The van der Waals surface area contributed by atoms with Gasteiger partial charge in [-0.05, 0) is 20.8 Å². The van der Waals surface area contributed by atoms with Crippen LogP contribution in [0.2, 0.25) is 0 Å². The van der Waals surface area contributed by atoms with Crippen LogP contribution in [0.4, 0.5) is 5.82 Å². The lowest BCUT2D eigenvalue weighted by Crippen LogP contribution is -2.11. The third-order valence-electron chi connectivity index (χ3n) is 2.72. The van der Waals surface area contributed by atoms with Crippen LogP contribution in [-0.2, 0) is 0 Å². The molecule has 0 spiro atoms. The van der Waals surface area contributed by atoms with Gasteiger partial charge in [0.2, 0.25) is 0 Å². The highest BCUT2D eigenvalue weighted by Gasteiger charge is 2.17. The van der Waals surface area contributed by atoms with Gasteiger partial charge < -0.3 is 9.84 Å². The second-order valence-electron chi connectivity index (χ2n) is 4.20. The number of fused-ring (bicyclic) bond motifs is 1. The molecule has 0 fully saturated rings. The Balaban J connectivity index is 2.02. The van der Waals surface area contributed by atoms with Gasteiger partial charge in [0.1, 0.15) is 17.0 Å². The molecule has 0 aliphatic heterocycles. The van der Waals surface area contributed by atoms with E-state index in [1.165, 1.54) is 0 Å². The number of nitrogens with one attached hydrogen (secondary N) is 2. The Labute approximate surface area is 107 Å². The van der Waals surface area contributed by atoms with Gasteiger partial charge in [-0.3, -0.25) is 0 Å². The molecule has 0 saturated carbocycles. The molecule has 19 heavy (non-hydrogen) atoms. The molecule has 0 bridgehead atoms. The van der Waals surface area contributed by atoms with Crippen molar-refractivity contribution in [3.05, 3.63) is 17.3 Å². The Morgan fingerprint density at radius 3 is 2.84 bits per heavy atom. The summed E-state index contributed by atoms with van der Waals surface area (Å²) in [4.78, 5) is 8.57. The van der Waals surface area contributed by atoms with E-state index in [0.29, 0.717) is 23.2 Å². The summed E-state index contributed by atoms with van der Waals surface area (Å²) in [7, 11) is 0. The first-order valence-corrected chi connectivity index (χ1v) is 5.75. The Bertz CT molecular complexity index is 704. The largest absolute Gasteiger partial charge is 0.359 e. The summed E-state index contributed by atoms with van der Waals surface area (Å²) in [6.45, 7) is 5.55. The standard InChI is InChI=1S/C10H12N8O/c1-4-7-9(11-5(2)8-14-17-18-15-8)12-6(3)13-10(7)19-16-4/h5H,1-3H3,(H,11,12,13)(H,14,15,17,18)/t5-/m0/s1. The molecule has 0 aromatic carbocycles. The molecule has 3 heterocycles. The maximum Gasteiger partial charge on any atom is 0.263 e. The Morgan fingerprint density at radius 1 is 1.26 bits per heavy atom. The predicted octanol–water partition coefficient (Wildman–Crippen LogP) is 0.921. The molecular formula is C10H12N8O. The molecule has 9 heteroatoms. The van der Waals surface area contributed by atoms with E-state index in [0.717, 1.165) is 11.1 Å². The van der Waals surface area contributed by atoms with Crippen molar-refractivity contribution in [3.8, 4) is 0 Å². The van der Waals surface area contributed by atoms with Gasteiger partial charge in [-0.25, -0.2) is 4.98 Å². The topological polar surface area (TPSA) is 118 Å². The lowest BCUT2D eigenvalue weighted by atomic mass is 10.2. The second-order valence-corrected chi connectivity index (χ2v) is 4.20. The number of aromatic amines is 1. The van der Waals surface area contributed by atoms with E-state index in [2.05, 4.69) is 41.1 Å². The number of rotatable bonds is 3. The van der Waals surface area contributed by atoms with Crippen LogP contribution in [0.25, 0.3) is 11.1 Å². The van der Waals surface area contributed by atoms with Gasteiger partial charge in [-0.1, -0.05) is 10.4 Å². The summed E-state index contributed by atoms with van der Waals surface area (Å²) in [6, 6.07) is -0.148. The quantitative estimate of drug-likeness (QED) is 0.713. The van der Waals surface area contributed by atoms with Gasteiger partial charge >= 0.3 is 0 Å². The van der Waals surface area contributed by atoms with Crippen LogP contribution in [0.1, 0.15) is 30.3 Å². The van der Waals surface area contributed by atoms with Crippen molar-refractivity contribution in [2.45, 2.75) is 26.8 Å². The molecule has 1 atom stereocenters. The van der Waals surface area contributed by atoms with Gasteiger partial charge in [-0.2, -0.15) is 10.2 Å². The number of nitrogens with zero attached hydrogens (tertiary/aromatic N) is 6. The van der Waals surface area contributed by atoms with Crippen LogP contribution >= 0.6 is 0 Å². The Morgan fingerprint density at radius 2 is 2.11 bits per heavy atom. The average molecular weight is 260 g/mol. The number of H-pyrrole nitrogens is 1. The number of hydrogen-bond donors (Lipinski definition) is 2. The highest BCUT2D eigenvalue weighted by molar-refractivity contribution is 5.87. The first-order chi connectivity index (χ1) is 9.15. The van der Waals surface area contributed by atoms with Gasteiger partial charge in [0, 0.05) is 0 Å². The number of tetrazole rings is 1. The monoisotopic (exact) mass is 260 g/mol. The minimum atomic E-state index is -0.148. The number of hydrogen-bond acceptors (Lipinski definition) is 8. The SMILES string of the molecule is Cc1nc(N[C@@H](C)c2nn[nH]n2)c2c(C)noc2n1. The summed E-state index contributed by atoms with van der Waals surface area (Å²) in [6.07, 6.45) is 0. The molecule has 3 rings (SSSR count). The fourth-order valence-corrected chi connectivity index (χ4v) is 1.82. The van der Waals surface area contributed by atoms with E-state index in [4.69, 9.17) is 4.52 Å². The van der Waals surface area contributed by atoms with Gasteiger partial charge in [0.05, 0.1) is 11.7 Å². The zero-order valence-corrected chi connectivity index (χ0v) is 10.7. The van der Waals surface area contributed by atoms with E-state index in [1.54, 1.807) is 6.92 Å². The molecule has 2 N–H and O–H groups in total. The van der Waals surface area contributed by atoms with Gasteiger partial charge in [0.25, 0.3) is 5.71 Å². The van der Waals surface area contributed by atoms with Crippen LogP contribution in [0.5, 0.6) is 0 Å². The molecule has 98 valence electrons. The molecule has 9 nitrogen and oxygen atoms in total. The normalized spacial score (nSPS) is 12.8. The summed E-state index contributed by atoms with van der Waals surface area (Å²) in [5.74, 6) is 1.81. The fraction of sp³-hybridized carbons (Fsp3) is 0.400. The van der Waals surface area contributed by atoms with Crippen molar-refractivity contribution < 1.29 is 4.52 Å². The molecule has 0 radical (unpaired) electrons. The molecule has 0 amide bonds. The van der Waals surface area contributed by atoms with Crippen LogP contribution in [0.15, 0.2) is 4.52 Å². The summed E-state index contributed by atoms with van der Waals surface area (Å²) in [5.41, 5.74) is 1.20. The lowest BCUT2D eigenvalue weighted by molar-refractivity contribution is 0.442. The van der Waals surface area contributed by atoms with E-state index in [-0.39, 0.29) is 6.04 Å². The average Bonchev–Trinajstić information content (AvgIpc) is 2.99. The molecule has 3 aromatic heterocycles. The minimum absolute atomic E-state index is 0.148. The van der Waals surface area contributed by atoms with E-state index in [9.17, 15) is 0 Å². The first-order valence-electron chi connectivity index (χ1n) is 5.75. The number of anilines is 1. The maximum absolute atomic E-state index is 5.15. The van der Waals surface area contributed by atoms with Gasteiger partial charge in [0.15, 0.2) is 5.82 Å². The zero-order chi connectivity index (χ0) is 13.4. The minimum Gasteiger partial charge on any atom is -0.359 e. The van der Waals surface area contributed by atoms with Crippen LogP contribution in [0, 0.1) is 13.8 Å². The highest BCUT2D eigenvalue weighted by atomic mass is 16.5. The Hall–Kier alpha value is -2.58. The number of aryl methyl sites for hydroxylation is 2. The second kappa shape index (κ2) is 4.26. The van der Waals surface area contributed by atoms with Crippen LogP contribution < -0.4 is 5.32 Å². The van der Waals surface area contributed by atoms with Crippen molar-refractivity contribution in [3.63, 3.8) is 0 Å². The van der Waals surface area contributed by atoms with Crippen molar-refractivity contribution >= 4 is 16.9 Å². The van der Waals surface area contributed by atoms with Crippen molar-refractivity contribution in [1.82, 2.24) is 35.7 Å². The number of aromatic nitrogens is 7. The fourth-order valence-electron chi connectivity index (χ4n) is 1.82. The zero-order valence-electron chi connectivity index (χ0n) is 10.7. The first kappa shape index (κ1) is 11.5.